The third kappa shape index (κ3) is 3.65. The normalized spacial score (nSPS) is 16.3. The molecule has 6 nitrogen and oxygen atoms in total. The number of nitrogens with zero attached hydrogens (tertiary/aromatic N) is 2. The Morgan fingerprint density at radius 2 is 2.16 bits per heavy atom. The van der Waals surface area contributed by atoms with Gasteiger partial charge >= 0.3 is 0 Å². The van der Waals surface area contributed by atoms with E-state index in [1.807, 2.05) is 19.1 Å². The van der Waals surface area contributed by atoms with Crippen molar-refractivity contribution < 1.29 is 9.66 Å². The molecule has 0 spiro atoms. The summed E-state index contributed by atoms with van der Waals surface area (Å²) in [6, 6.07) is 5.28. The first-order valence-electron chi connectivity index (χ1n) is 6.52. The van der Waals surface area contributed by atoms with E-state index in [9.17, 15) is 10.1 Å². The molecule has 1 fully saturated rings. The van der Waals surface area contributed by atoms with Gasteiger partial charge in [0.1, 0.15) is 5.69 Å². The Labute approximate surface area is 112 Å². The maximum Gasteiger partial charge on any atom is 0.292 e. The molecular formula is C13H19N3O3. The monoisotopic (exact) mass is 265 g/mol. The van der Waals surface area contributed by atoms with Gasteiger partial charge in [0.2, 0.25) is 0 Å². The van der Waals surface area contributed by atoms with Gasteiger partial charge in [-0.2, -0.15) is 0 Å². The fraction of sp³-hybridized carbons (Fsp3) is 0.538. The van der Waals surface area contributed by atoms with Gasteiger partial charge in [-0.1, -0.05) is 6.07 Å². The minimum absolute atomic E-state index is 0.132. The second-order valence-electron chi connectivity index (χ2n) is 4.53. The van der Waals surface area contributed by atoms with Crippen LogP contribution < -0.4 is 5.32 Å². The number of hydrogen-bond acceptors (Lipinski definition) is 5. The van der Waals surface area contributed by atoms with Crippen molar-refractivity contribution in [2.75, 3.05) is 38.2 Å². The quantitative estimate of drug-likeness (QED) is 0.650. The molecule has 1 aromatic rings. The molecule has 1 saturated heterocycles. The molecule has 0 aromatic heterocycles. The van der Waals surface area contributed by atoms with Gasteiger partial charge in [-0.3, -0.25) is 15.0 Å². The van der Waals surface area contributed by atoms with E-state index >= 15 is 0 Å². The van der Waals surface area contributed by atoms with Crippen molar-refractivity contribution in [1.82, 2.24) is 4.90 Å². The van der Waals surface area contributed by atoms with Gasteiger partial charge < -0.3 is 10.1 Å². The molecule has 0 radical (unpaired) electrons. The summed E-state index contributed by atoms with van der Waals surface area (Å²) >= 11 is 0. The molecule has 0 saturated carbocycles. The predicted molar refractivity (Wildman–Crippen MR) is 73.4 cm³/mol. The lowest BCUT2D eigenvalue weighted by Gasteiger charge is -2.26. The van der Waals surface area contributed by atoms with E-state index in [1.54, 1.807) is 6.07 Å². The highest BCUT2D eigenvalue weighted by Crippen LogP contribution is 2.26. The van der Waals surface area contributed by atoms with Gasteiger partial charge in [-0.05, 0) is 18.6 Å². The van der Waals surface area contributed by atoms with E-state index in [0.717, 1.165) is 38.4 Å². The highest BCUT2D eigenvalue weighted by Gasteiger charge is 2.15. The number of morpholine rings is 1. The molecule has 1 aromatic carbocycles. The second kappa shape index (κ2) is 6.49. The first-order chi connectivity index (χ1) is 9.20. The molecular weight excluding hydrogens is 246 g/mol. The number of hydrogen-bond donors (Lipinski definition) is 1. The Hall–Kier alpha value is -1.66. The topological polar surface area (TPSA) is 67.6 Å². The minimum atomic E-state index is -0.351. The molecule has 2 rings (SSSR count). The van der Waals surface area contributed by atoms with Crippen LogP contribution in [0.4, 0.5) is 11.4 Å². The number of nitro groups is 1. The first-order valence-corrected chi connectivity index (χ1v) is 6.52. The highest BCUT2D eigenvalue weighted by molar-refractivity contribution is 5.62. The zero-order valence-electron chi connectivity index (χ0n) is 11.1. The van der Waals surface area contributed by atoms with Crippen molar-refractivity contribution in [3.63, 3.8) is 0 Å². The molecule has 104 valence electrons. The van der Waals surface area contributed by atoms with Crippen LogP contribution in [0.3, 0.4) is 0 Å². The Morgan fingerprint density at radius 3 is 2.79 bits per heavy atom. The van der Waals surface area contributed by atoms with Crippen molar-refractivity contribution in [3.8, 4) is 0 Å². The van der Waals surface area contributed by atoms with Crippen LogP contribution in [0, 0.1) is 10.1 Å². The molecule has 1 aliphatic rings. The van der Waals surface area contributed by atoms with Crippen LogP contribution in [-0.2, 0) is 11.3 Å². The Balaban J connectivity index is 2.12. The first kappa shape index (κ1) is 13.8. The molecule has 0 unspecified atom stereocenters. The third-order valence-electron chi connectivity index (χ3n) is 3.13. The van der Waals surface area contributed by atoms with Gasteiger partial charge in [-0.15, -0.1) is 0 Å². The largest absolute Gasteiger partial charge is 0.380 e. The van der Waals surface area contributed by atoms with E-state index in [2.05, 4.69) is 10.2 Å². The molecule has 1 heterocycles. The third-order valence-corrected chi connectivity index (χ3v) is 3.13. The molecule has 0 bridgehead atoms. The van der Waals surface area contributed by atoms with Crippen LogP contribution >= 0.6 is 0 Å². The highest BCUT2D eigenvalue weighted by atomic mass is 16.6. The number of benzene rings is 1. The Kier molecular flexibility index (Phi) is 4.70. The average Bonchev–Trinajstić information content (AvgIpc) is 2.40. The average molecular weight is 265 g/mol. The molecule has 6 heteroatoms. The standard InChI is InChI=1S/C13H19N3O3/c1-2-14-12-9-11(3-4-13(12)16(17)18)10-15-5-7-19-8-6-15/h3-4,9,14H,2,5-8,10H2,1H3. The fourth-order valence-electron chi connectivity index (χ4n) is 2.19. The Bertz CT molecular complexity index is 445. The SMILES string of the molecule is CCNc1cc(CN2CCOCC2)ccc1[N+](=O)[O-]. The summed E-state index contributed by atoms with van der Waals surface area (Å²) in [6.45, 7) is 6.74. The molecule has 0 amide bonds. The predicted octanol–water partition coefficient (Wildman–Crippen LogP) is 1.86. The number of nitrogens with one attached hydrogen (secondary N) is 1. The van der Waals surface area contributed by atoms with Crippen molar-refractivity contribution >= 4 is 11.4 Å². The van der Waals surface area contributed by atoms with E-state index in [1.165, 1.54) is 0 Å². The van der Waals surface area contributed by atoms with Gasteiger partial charge in [0.25, 0.3) is 5.69 Å². The molecule has 0 aliphatic carbocycles. The zero-order chi connectivity index (χ0) is 13.7. The van der Waals surface area contributed by atoms with Crippen LogP contribution in [0.15, 0.2) is 18.2 Å². The molecule has 1 aliphatic heterocycles. The zero-order valence-corrected chi connectivity index (χ0v) is 11.1. The summed E-state index contributed by atoms with van der Waals surface area (Å²) in [5, 5.41) is 14.0. The van der Waals surface area contributed by atoms with Crippen LogP contribution in [0.2, 0.25) is 0 Å². The summed E-state index contributed by atoms with van der Waals surface area (Å²) in [5.74, 6) is 0. The van der Waals surface area contributed by atoms with Crippen LogP contribution in [0.5, 0.6) is 0 Å². The molecule has 0 atom stereocenters. The lowest BCUT2D eigenvalue weighted by atomic mass is 10.1. The van der Waals surface area contributed by atoms with Gasteiger partial charge in [0, 0.05) is 32.2 Å². The summed E-state index contributed by atoms with van der Waals surface area (Å²) in [6.07, 6.45) is 0. The smallest absolute Gasteiger partial charge is 0.292 e. The maximum atomic E-state index is 10.9. The number of nitro benzene ring substituents is 1. The van der Waals surface area contributed by atoms with Gasteiger partial charge in [0.15, 0.2) is 0 Å². The molecule has 1 N–H and O–H groups in total. The summed E-state index contributed by atoms with van der Waals surface area (Å²) in [4.78, 5) is 12.9. The van der Waals surface area contributed by atoms with Crippen molar-refractivity contribution in [1.29, 1.82) is 0 Å². The maximum absolute atomic E-state index is 10.9. The Morgan fingerprint density at radius 1 is 1.42 bits per heavy atom. The lowest BCUT2D eigenvalue weighted by Crippen LogP contribution is -2.35. The summed E-state index contributed by atoms with van der Waals surface area (Å²) in [7, 11) is 0. The number of ether oxygens (including phenoxy) is 1. The summed E-state index contributed by atoms with van der Waals surface area (Å²) in [5.41, 5.74) is 1.81. The van der Waals surface area contributed by atoms with E-state index in [4.69, 9.17) is 4.74 Å². The minimum Gasteiger partial charge on any atom is -0.380 e. The summed E-state index contributed by atoms with van der Waals surface area (Å²) < 4.78 is 5.31. The molecule has 19 heavy (non-hydrogen) atoms. The van der Waals surface area contributed by atoms with Crippen LogP contribution in [0.25, 0.3) is 0 Å². The van der Waals surface area contributed by atoms with E-state index in [0.29, 0.717) is 12.2 Å². The van der Waals surface area contributed by atoms with Crippen molar-refractivity contribution in [2.45, 2.75) is 13.5 Å². The van der Waals surface area contributed by atoms with E-state index < -0.39 is 0 Å². The lowest BCUT2D eigenvalue weighted by molar-refractivity contribution is -0.384. The van der Waals surface area contributed by atoms with E-state index in [-0.39, 0.29) is 10.6 Å². The van der Waals surface area contributed by atoms with Gasteiger partial charge in [0.05, 0.1) is 18.1 Å². The second-order valence-corrected chi connectivity index (χ2v) is 4.53. The van der Waals surface area contributed by atoms with Crippen LogP contribution in [-0.4, -0.2) is 42.7 Å². The van der Waals surface area contributed by atoms with Crippen LogP contribution in [0.1, 0.15) is 12.5 Å². The fourth-order valence-corrected chi connectivity index (χ4v) is 2.19. The van der Waals surface area contributed by atoms with Crippen molar-refractivity contribution in [2.24, 2.45) is 0 Å². The number of anilines is 1. The van der Waals surface area contributed by atoms with Gasteiger partial charge in [-0.25, -0.2) is 0 Å². The van der Waals surface area contributed by atoms with Crippen molar-refractivity contribution in [3.05, 3.63) is 33.9 Å². The number of rotatable bonds is 5.